The lowest BCUT2D eigenvalue weighted by molar-refractivity contribution is -0.154. The first-order chi connectivity index (χ1) is 8.58. The number of hydrogen-bond donors (Lipinski definition) is 1. The van der Waals surface area contributed by atoms with Gasteiger partial charge < -0.3 is 15.5 Å². The van der Waals surface area contributed by atoms with Gasteiger partial charge in [0.05, 0.1) is 0 Å². The molecule has 7 nitrogen and oxygen atoms in total. The molecular weight excluding hydrogens is 234 g/mol. The summed E-state index contributed by atoms with van der Waals surface area (Å²) in [4.78, 5) is 26.2. The van der Waals surface area contributed by atoms with E-state index in [4.69, 9.17) is 5.73 Å². The summed E-state index contributed by atoms with van der Waals surface area (Å²) in [7, 11) is 1.64. The van der Waals surface area contributed by atoms with Gasteiger partial charge in [-0.05, 0) is 12.5 Å². The maximum atomic E-state index is 11.7. The highest BCUT2D eigenvalue weighted by Crippen LogP contribution is 2.05. The fourth-order valence-corrected chi connectivity index (χ4v) is 1.91. The zero-order chi connectivity index (χ0) is 13.1. The zero-order valence-corrected chi connectivity index (χ0v) is 10.4. The first kappa shape index (κ1) is 12.4. The number of carbonyl (C=O) groups is 2. The van der Waals surface area contributed by atoms with Crippen LogP contribution in [0.15, 0.2) is 12.3 Å². The second-order valence-electron chi connectivity index (χ2n) is 4.38. The molecule has 1 aliphatic heterocycles. The summed E-state index contributed by atoms with van der Waals surface area (Å²) < 4.78 is 1.73. The van der Waals surface area contributed by atoms with Crippen LogP contribution in [0.25, 0.3) is 0 Å². The Labute approximate surface area is 105 Å². The highest BCUT2D eigenvalue weighted by molar-refractivity contribution is 6.35. The van der Waals surface area contributed by atoms with Crippen molar-refractivity contribution >= 4 is 17.6 Å². The van der Waals surface area contributed by atoms with Crippen molar-refractivity contribution in [1.82, 2.24) is 19.6 Å². The van der Waals surface area contributed by atoms with Gasteiger partial charge in [-0.25, -0.2) is 0 Å². The van der Waals surface area contributed by atoms with Crippen molar-refractivity contribution in [3.8, 4) is 0 Å². The second kappa shape index (κ2) is 5.07. The predicted octanol–water partition coefficient (Wildman–Crippen LogP) is -0.844. The maximum absolute atomic E-state index is 11.7. The van der Waals surface area contributed by atoms with Crippen LogP contribution in [0.4, 0.5) is 5.82 Å². The first-order valence-corrected chi connectivity index (χ1v) is 5.91. The molecule has 0 radical (unpaired) electrons. The normalized spacial score (nSPS) is 16.5. The molecule has 0 unspecified atom stereocenters. The molecular formula is C11H17N5O2. The minimum absolute atomic E-state index is 0.413. The van der Waals surface area contributed by atoms with Crippen LogP contribution in [-0.4, -0.2) is 58.1 Å². The molecule has 7 heteroatoms. The molecule has 0 spiro atoms. The number of anilines is 1. The van der Waals surface area contributed by atoms with Crippen molar-refractivity contribution in [2.45, 2.75) is 13.0 Å². The number of amides is 2. The topological polar surface area (TPSA) is 84.5 Å². The molecule has 0 bridgehead atoms. The third-order valence-corrected chi connectivity index (χ3v) is 3.00. The highest BCUT2D eigenvalue weighted by Gasteiger charge is 2.29. The number of nitrogens with two attached hydrogens (primary N) is 1. The third kappa shape index (κ3) is 2.61. The number of rotatable bonds is 4. The van der Waals surface area contributed by atoms with Gasteiger partial charge >= 0.3 is 11.8 Å². The van der Waals surface area contributed by atoms with E-state index in [0.717, 1.165) is 6.42 Å². The minimum atomic E-state index is -0.426. The van der Waals surface area contributed by atoms with Crippen LogP contribution >= 0.6 is 0 Å². The summed E-state index contributed by atoms with van der Waals surface area (Å²) in [6.07, 6.45) is 2.55. The van der Waals surface area contributed by atoms with Gasteiger partial charge in [-0.3, -0.25) is 14.3 Å². The molecule has 1 aromatic heterocycles. The summed E-state index contributed by atoms with van der Waals surface area (Å²) in [5, 5.41) is 4.06. The van der Waals surface area contributed by atoms with E-state index in [2.05, 4.69) is 5.10 Å². The summed E-state index contributed by atoms with van der Waals surface area (Å²) in [6, 6.07) is 1.73. The van der Waals surface area contributed by atoms with E-state index in [0.29, 0.717) is 32.0 Å². The number of hydrogen-bond acceptors (Lipinski definition) is 4. The van der Waals surface area contributed by atoms with Crippen molar-refractivity contribution < 1.29 is 9.59 Å². The van der Waals surface area contributed by atoms with Crippen LogP contribution in [0.3, 0.4) is 0 Å². The Morgan fingerprint density at radius 1 is 1.28 bits per heavy atom. The summed E-state index contributed by atoms with van der Waals surface area (Å²) >= 11 is 0. The predicted molar refractivity (Wildman–Crippen MR) is 65.5 cm³/mol. The summed E-state index contributed by atoms with van der Waals surface area (Å²) in [5.41, 5.74) is 5.50. The summed E-state index contributed by atoms with van der Waals surface area (Å²) in [6.45, 7) is 2.45. The van der Waals surface area contributed by atoms with E-state index in [1.165, 1.54) is 4.90 Å². The van der Waals surface area contributed by atoms with Crippen LogP contribution in [-0.2, 0) is 16.1 Å². The van der Waals surface area contributed by atoms with E-state index in [1.807, 2.05) is 0 Å². The Morgan fingerprint density at radius 3 is 2.72 bits per heavy atom. The number of piperazine rings is 1. The van der Waals surface area contributed by atoms with Gasteiger partial charge in [-0.1, -0.05) is 0 Å². The van der Waals surface area contributed by atoms with Crippen molar-refractivity contribution in [1.29, 1.82) is 0 Å². The lowest BCUT2D eigenvalue weighted by Crippen LogP contribution is -2.53. The minimum Gasteiger partial charge on any atom is -0.382 e. The van der Waals surface area contributed by atoms with Gasteiger partial charge in [0, 0.05) is 39.4 Å². The van der Waals surface area contributed by atoms with Crippen molar-refractivity contribution in [2.24, 2.45) is 0 Å². The van der Waals surface area contributed by atoms with Gasteiger partial charge in [0.1, 0.15) is 5.82 Å². The molecule has 2 N–H and O–H groups in total. The standard InChI is InChI=1S/C11H17N5O2/c1-14-7-8-15(11(18)10(14)17)4-2-5-16-6-3-9(12)13-16/h3,6H,2,4-5,7-8H2,1H3,(H2,12,13). The molecule has 1 aromatic rings. The Balaban J connectivity index is 1.80. The molecule has 0 saturated carbocycles. The Bertz CT molecular complexity index is 456. The lowest BCUT2D eigenvalue weighted by Gasteiger charge is -2.31. The fraction of sp³-hybridized carbons (Fsp3) is 0.545. The molecule has 0 aliphatic carbocycles. The first-order valence-electron chi connectivity index (χ1n) is 5.91. The van der Waals surface area contributed by atoms with Crippen LogP contribution < -0.4 is 5.73 Å². The van der Waals surface area contributed by atoms with Crippen LogP contribution in [0, 0.1) is 0 Å². The number of aromatic nitrogens is 2. The molecule has 0 atom stereocenters. The van der Waals surface area contributed by atoms with Crippen molar-refractivity contribution in [2.75, 3.05) is 32.4 Å². The molecule has 18 heavy (non-hydrogen) atoms. The van der Waals surface area contributed by atoms with Crippen molar-refractivity contribution in [3.05, 3.63) is 12.3 Å². The van der Waals surface area contributed by atoms with E-state index in [1.54, 1.807) is 28.9 Å². The van der Waals surface area contributed by atoms with E-state index >= 15 is 0 Å². The second-order valence-corrected chi connectivity index (χ2v) is 4.38. The monoisotopic (exact) mass is 251 g/mol. The molecule has 2 amide bonds. The SMILES string of the molecule is CN1CCN(CCCn2ccc(N)n2)C(=O)C1=O. The van der Waals surface area contributed by atoms with Crippen LogP contribution in [0.5, 0.6) is 0 Å². The van der Waals surface area contributed by atoms with Gasteiger partial charge in [-0.2, -0.15) is 5.10 Å². The Hall–Kier alpha value is -2.05. The van der Waals surface area contributed by atoms with Crippen molar-refractivity contribution in [3.63, 3.8) is 0 Å². The highest BCUT2D eigenvalue weighted by atomic mass is 16.2. The largest absolute Gasteiger partial charge is 0.382 e. The van der Waals surface area contributed by atoms with Crippen LogP contribution in [0.1, 0.15) is 6.42 Å². The number of likely N-dealkylation sites (N-methyl/N-ethyl adjacent to an activating group) is 1. The average molecular weight is 251 g/mol. The van der Waals surface area contributed by atoms with E-state index in [-0.39, 0.29) is 0 Å². The zero-order valence-electron chi connectivity index (χ0n) is 10.4. The van der Waals surface area contributed by atoms with Gasteiger partial charge in [0.2, 0.25) is 0 Å². The molecule has 98 valence electrons. The number of nitrogen functional groups attached to an aromatic ring is 1. The molecule has 1 fully saturated rings. The number of carbonyl (C=O) groups excluding carboxylic acids is 2. The summed E-state index contributed by atoms with van der Waals surface area (Å²) in [5.74, 6) is -0.353. The lowest BCUT2D eigenvalue weighted by atomic mass is 10.3. The number of nitrogens with zero attached hydrogens (tertiary/aromatic N) is 4. The van der Waals surface area contributed by atoms with Gasteiger partial charge in [-0.15, -0.1) is 0 Å². The smallest absolute Gasteiger partial charge is 0.312 e. The molecule has 2 heterocycles. The maximum Gasteiger partial charge on any atom is 0.312 e. The molecule has 0 aromatic carbocycles. The average Bonchev–Trinajstić information content (AvgIpc) is 2.75. The molecule has 1 saturated heterocycles. The molecule has 2 rings (SSSR count). The molecule has 1 aliphatic rings. The Morgan fingerprint density at radius 2 is 2.06 bits per heavy atom. The van der Waals surface area contributed by atoms with Gasteiger partial charge in [0.25, 0.3) is 0 Å². The van der Waals surface area contributed by atoms with Gasteiger partial charge in [0.15, 0.2) is 0 Å². The van der Waals surface area contributed by atoms with E-state index in [9.17, 15) is 9.59 Å². The third-order valence-electron chi connectivity index (χ3n) is 3.00. The Kier molecular flexibility index (Phi) is 3.50. The van der Waals surface area contributed by atoms with E-state index < -0.39 is 11.8 Å². The fourth-order valence-electron chi connectivity index (χ4n) is 1.91. The van der Waals surface area contributed by atoms with Crippen LogP contribution in [0.2, 0.25) is 0 Å². The number of aryl methyl sites for hydroxylation is 1. The quantitative estimate of drug-likeness (QED) is 0.707.